The molecule has 1 aromatic rings. The predicted molar refractivity (Wildman–Crippen MR) is 121 cm³/mol. The van der Waals surface area contributed by atoms with Gasteiger partial charge in [-0.1, -0.05) is 24.8 Å². The van der Waals surface area contributed by atoms with Crippen molar-refractivity contribution in [3.63, 3.8) is 0 Å². The molecule has 2 heterocycles. The molecular formula is C25H35N3O. The second-order valence-corrected chi connectivity index (χ2v) is 8.38. The van der Waals surface area contributed by atoms with Crippen LogP contribution in [-0.4, -0.2) is 37.7 Å². The molecule has 0 radical (unpaired) electrons. The van der Waals surface area contributed by atoms with Crippen molar-refractivity contribution in [3.8, 4) is 0 Å². The average molecular weight is 394 g/mol. The maximum absolute atomic E-state index is 6.01. The normalized spacial score (nSPS) is 21.2. The van der Waals surface area contributed by atoms with Crippen molar-refractivity contribution in [1.29, 1.82) is 0 Å². The molecular weight excluding hydrogens is 358 g/mol. The molecule has 0 amide bonds. The van der Waals surface area contributed by atoms with E-state index in [-0.39, 0.29) is 0 Å². The van der Waals surface area contributed by atoms with Crippen molar-refractivity contribution >= 4 is 5.69 Å². The molecule has 1 aromatic carbocycles. The van der Waals surface area contributed by atoms with Gasteiger partial charge in [0.1, 0.15) is 5.82 Å². The predicted octanol–water partition coefficient (Wildman–Crippen LogP) is 4.87. The number of nitrogens with zero attached hydrogens (tertiary/aromatic N) is 2. The molecule has 0 bridgehead atoms. The number of nitrogens with two attached hydrogens (primary N) is 1. The van der Waals surface area contributed by atoms with E-state index in [2.05, 4.69) is 47.6 Å². The van der Waals surface area contributed by atoms with Crippen molar-refractivity contribution in [1.82, 2.24) is 4.90 Å². The number of fused-ring (bicyclic) bond motifs is 1. The van der Waals surface area contributed by atoms with Gasteiger partial charge in [-0.05, 0) is 86.8 Å². The maximum Gasteiger partial charge on any atom is 0.117 e. The smallest absolute Gasteiger partial charge is 0.117 e. The van der Waals surface area contributed by atoms with Gasteiger partial charge in [0.05, 0.1) is 12.3 Å². The van der Waals surface area contributed by atoms with Gasteiger partial charge in [-0.25, -0.2) is 0 Å². The molecule has 156 valence electrons. The largest absolute Gasteiger partial charge is 0.380 e. The van der Waals surface area contributed by atoms with Crippen LogP contribution in [0.25, 0.3) is 0 Å². The van der Waals surface area contributed by atoms with Gasteiger partial charge in [-0.15, -0.1) is 0 Å². The lowest BCUT2D eigenvalue weighted by Gasteiger charge is -2.43. The van der Waals surface area contributed by atoms with Crippen LogP contribution in [0.15, 0.2) is 59.1 Å². The van der Waals surface area contributed by atoms with Crippen molar-refractivity contribution in [3.05, 3.63) is 64.6 Å². The van der Waals surface area contributed by atoms with Gasteiger partial charge in [-0.2, -0.15) is 0 Å². The summed E-state index contributed by atoms with van der Waals surface area (Å²) in [5.41, 5.74) is 14.0. The van der Waals surface area contributed by atoms with E-state index in [1.165, 1.54) is 59.5 Å². The molecule has 2 fully saturated rings. The molecule has 1 aliphatic carbocycles. The minimum Gasteiger partial charge on any atom is -0.380 e. The molecule has 0 spiro atoms. The van der Waals surface area contributed by atoms with Crippen LogP contribution in [0.4, 0.5) is 5.69 Å². The molecule has 4 nitrogen and oxygen atoms in total. The fraction of sp³-hybridized carbons (Fsp3) is 0.520. The number of ether oxygens (including phenoxy) is 1. The number of allylic oxidation sites excluding steroid dienone is 3. The first kappa shape index (κ1) is 20.2. The first-order valence-electron chi connectivity index (χ1n) is 11.3. The minimum absolute atomic E-state index is 0.666. The summed E-state index contributed by atoms with van der Waals surface area (Å²) in [4.78, 5) is 5.01. The van der Waals surface area contributed by atoms with Crippen molar-refractivity contribution in [2.24, 2.45) is 5.73 Å². The Hall–Kier alpha value is -2.04. The van der Waals surface area contributed by atoms with Gasteiger partial charge in [0.15, 0.2) is 0 Å². The Balaban J connectivity index is 1.84. The summed E-state index contributed by atoms with van der Waals surface area (Å²) >= 11 is 0. The summed E-state index contributed by atoms with van der Waals surface area (Å²) in [7, 11) is 0. The molecule has 2 N–H and O–H groups in total. The van der Waals surface area contributed by atoms with E-state index in [1.54, 1.807) is 0 Å². The number of hydrogen-bond acceptors (Lipinski definition) is 4. The van der Waals surface area contributed by atoms with Crippen LogP contribution in [0.5, 0.6) is 0 Å². The summed E-state index contributed by atoms with van der Waals surface area (Å²) in [5.74, 6) is 1.35. The molecule has 0 unspecified atom stereocenters. The van der Waals surface area contributed by atoms with Crippen molar-refractivity contribution in [2.45, 2.75) is 51.9 Å². The van der Waals surface area contributed by atoms with Crippen LogP contribution in [0, 0.1) is 6.92 Å². The van der Waals surface area contributed by atoms with E-state index < -0.39 is 0 Å². The lowest BCUT2D eigenvalue weighted by atomic mass is 9.92. The van der Waals surface area contributed by atoms with E-state index >= 15 is 0 Å². The van der Waals surface area contributed by atoms with E-state index in [1.807, 2.05) is 0 Å². The number of hydrogen-bond donors (Lipinski definition) is 1. The van der Waals surface area contributed by atoms with Gasteiger partial charge in [0.25, 0.3) is 0 Å². The molecule has 1 saturated carbocycles. The Morgan fingerprint density at radius 3 is 2.66 bits per heavy atom. The first-order chi connectivity index (χ1) is 14.2. The Kier molecular flexibility index (Phi) is 6.41. The third-order valence-electron chi connectivity index (χ3n) is 6.45. The van der Waals surface area contributed by atoms with Crippen molar-refractivity contribution < 1.29 is 4.74 Å². The fourth-order valence-electron chi connectivity index (χ4n) is 5.03. The van der Waals surface area contributed by atoms with Crippen LogP contribution in [-0.2, 0) is 4.74 Å². The summed E-state index contributed by atoms with van der Waals surface area (Å²) in [6, 6.07) is 8.68. The standard InChI is InChI=1S/C25H35N3O/c1-19-9-4-5-12-24(19)28-20(2)21(13-14-26)22-10-8-11-23(22)25(28)27-15-6-3-7-17-29-18-16-27/h4-5,9,12H,2-3,6-8,10-11,13-18,26H2,1H3. The third kappa shape index (κ3) is 4.01. The molecule has 0 aromatic heterocycles. The zero-order valence-electron chi connectivity index (χ0n) is 17.9. The van der Waals surface area contributed by atoms with Crippen LogP contribution >= 0.6 is 0 Å². The highest BCUT2D eigenvalue weighted by Crippen LogP contribution is 2.47. The SMILES string of the molecule is C=C1C(CCN)=C2CCCC2=C(N2CCCCCOCC2)N1c1ccccc1C. The highest BCUT2D eigenvalue weighted by Gasteiger charge is 2.35. The Morgan fingerprint density at radius 2 is 1.83 bits per heavy atom. The third-order valence-corrected chi connectivity index (χ3v) is 6.45. The number of anilines is 1. The summed E-state index contributed by atoms with van der Waals surface area (Å²) in [5, 5.41) is 0. The zero-order chi connectivity index (χ0) is 20.2. The highest BCUT2D eigenvalue weighted by molar-refractivity contribution is 5.71. The van der Waals surface area contributed by atoms with E-state index in [4.69, 9.17) is 10.5 Å². The monoisotopic (exact) mass is 393 g/mol. The molecule has 3 aliphatic rings. The first-order valence-corrected chi connectivity index (χ1v) is 11.3. The van der Waals surface area contributed by atoms with Crippen molar-refractivity contribution in [2.75, 3.05) is 37.7 Å². The van der Waals surface area contributed by atoms with Gasteiger partial charge in [0, 0.05) is 25.4 Å². The number of rotatable bonds is 4. The van der Waals surface area contributed by atoms with Gasteiger partial charge in [-0.3, -0.25) is 4.90 Å². The molecule has 2 aliphatic heterocycles. The van der Waals surface area contributed by atoms with Gasteiger partial charge in [0.2, 0.25) is 0 Å². The molecule has 0 atom stereocenters. The molecule has 4 heteroatoms. The highest BCUT2D eigenvalue weighted by atomic mass is 16.5. The lowest BCUT2D eigenvalue weighted by Crippen LogP contribution is -2.41. The van der Waals surface area contributed by atoms with Crippen LogP contribution < -0.4 is 10.6 Å². The zero-order valence-corrected chi connectivity index (χ0v) is 17.9. The Bertz CT molecular complexity index is 813. The fourth-order valence-corrected chi connectivity index (χ4v) is 5.03. The van der Waals surface area contributed by atoms with E-state index in [0.29, 0.717) is 6.54 Å². The van der Waals surface area contributed by atoms with E-state index in [9.17, 15) is 0 Å². The van der Waals surface area contributed by atoms with Gasteiger partial charge < -0.3 is 15.4 Å². The second-order valence-electron chi connectivity index (χ2n) is 8.38. The molecule has 1 saturated heterocycles. The van der Waals surface area contributed by atoms with Crippen LogP contribution in [0.2, 0.25) is 0 Å². The molecule has 4 rings (SSSR count). The second kappa shape index (κ2) is 9.19. The Morgan fingerprint density at radius 1 is 1.00 bits per heavy atom. The van der Waals surface area contributed by atoms with Gasteiger partial charge >= 0.3 is 0 Å². The Labute approximate surface area is 175 Å². The lowest BCUT2D eigenvalue weighted by molar-refractivity contribution is 0.118. The quantitative estimate of drug-likeness (QED) is 0.792. The topological polar surface area (TPSA) is 41.7 Å². The summed E-state index contributed by atoms with van der Waals surface area (Å²) < 4.78 is 5.90. The number of aryl methyl sites for hydroxylation is 1. The molecule has 29 heavy (non-hydrogen) atoms. The van der Waals surface area contributed by atoms with E-state index in [0.717, 1.165) is 51.3 Å². The number of benzene rings is 1. The maximum atomic E-state index is 6.01. The average Bonchev–Trinajstić information content (AvgIpc) is 3.24. The van der Waals surface area contributed by atoms with Crippen LogP contribution in [0.3, 0.4) is 0 Å². The minimum atomic E-state index is 0.666. The summed E-state index contributed by atoms with van der Waals surface area (Å²) in [6.45, 7) is 11.2. The van der Waals surface area contributed by atoms with Crippen LogP contribution in [0.1, 0.15) is 50.5 Å². The number of para-hydroxylation sites is 1. The summed E-state index contributed by atoms with van der Waals surface area (Å²) in [6.07, 6.45) is 8.02.